The van der Waals surface area contributed by atoms with Crippen LogP contribution in [0.4, 0.5) is 5.95 Å². The number of oxazole rings is 1. The normalized spacial score (nSPS) is 11.0. The maximum absolute atomic E-state index is 12.5. The fourth-order valence-corrected chi connectivity index (χ4v) is 2.12. The number of hydrogen-bond donors (Lipinski definition) is 2. The van der Waals surface area contributed by atoms with Crippen LogP contribution in [-0.2, 0) is 0 Å². The molecule has 7 heteroatoms. The molecule has 0 atom stereocenters. The van der Waals surface area contributed by atoms with Crippen LogP contribution in [-0.4, -0.2) is 26.1 Å². The quantitative estimate of drug-likeness (QED) is 0.771. The van der Waals surface area contributed by atoms with Gasteiger partial charge in [-0.1, -0.05) is 44.2 Å². The van der Waals surface area contributed by atoms with Gasteiger partial charge >= 0.3 is 0 Å². The van der Waals surface area contributed by atoms with Crippen molar-refractivity contribution in [3.05, 3.63) is 47.7 Å². The average Bonchev–Trinajstić information content (AvgIpc) is 3.15. The Kier molecular flexibility index (Phi) is 3.92. The van der Waals surface area contributed by atoms with E-state index in [-0.39, 0.29) is 17.6 Å². The van der Waals surface area contributed by atoms with Crippen LogP contribution < -0.4 is 5.32 Å². The van der Waals surface area contributed by atoms with E-state index < -0.39 is 5.91 Å². The van der Waals surface area contributed by atoms with Gasteiger partial charge in [0.2, 0.25) is 5.95 Å². The monoisotopic (exact) mass is 311 g/mol. The number of carbonyl (C=O) groups excluding carboxylic acids is 1. The van der Waals surface area contributed by atoms with Crippen LogP contribution in [0.1, 0.15) is 42.0 Å². The van der Waals surface area contributed by atoms with E-state index in [0.29, 0.717) is 17.5 Å². The SMILES string of the molecule is Cc1nc(C(=O)Nc2n[nH]c(C(C)C)n2)c(-c2ccccc2)o1. The zero-order valence-corrected chi connectivity index (χ0v) is 13.1. The lowest BCUT2D eigenvalue weighted by atomic mass is 10.1. The second-order valence-electron chi connectivity index (χ2n) is 5.43. The molecular formula is C16H17N5O2. The van der Waals surface area contributed by atoms with Gasteiger partial charge in [-0.2, -0.15) is 4.98 Å². The van der Waals surface area contributed by atoms with Gasteiger partial charge in [0.05, 0.1) is 0 Å². The zero-order chi connectivity index (χ0) is 16.4. The third-order valence-electron chi connectivity index (χ3n) is 3.26. The fraction of sp³-hybridized carbons (Fsp3) is 0.250. The number of H-pyrrole nitrogens is 1. The molecule has 0 bridgehead atoms. The third-order valence-corrected chi connectivity index (χ3v) is 3.26. The molecule has 23 heavy (non-hydrogen) atoms. The van der Waals surface area contributed by atoms with Gasteiger partial charge in [-0.05, 0) is 0 Å². The lowest BCUT2D eigenvalue weighted by Crippen LogP contribution is -2.14. The highest BCUT2D eigenvalue weighted by molar-refractivity contribution is 6.05. The first kappa shape index (κ1) is 15.0. The van der Waals surface area contributed by atoms with Gasteiger partial charge < -0.3 is 4.42 Å². The summed E-state index contributed by atoms with van der Waals surface area (Å²) in [5.74, 6) is 1.57. The maximum Gasteiger partial charge on any atom is 0.280 e. The van der Waals surface area contributed by atoms with Crippen molar-refractivity contribution in [2.75, 3.05) is 5.32 Å². The summed E-state index contributed by atoms with van der Waals surface area (Å²) in [6, 6.07) is 9.37. The van der Waals surface area contributed by atoms with Gasteiger partial charge in [0, 0.05) is 18.4 Å². The number of aryl methyl sites for hydroxylation is 1. The minimum atomic E-state index is -0.407. The Morgan fingerprint density at radius 2 is 1.96 bits per heavy atom. The van der Waals surface area contributed by atoms with Crippen LogP contribution in [0.3, 0.4) is 0 Å². The summed E-state index contributed by atoms with van der Waals surface area (Å²) in [5, 5.41) is 9.42. The number of rotatable bonds is 4. The summed E-state index contributed by atoms with van der Waals surface area (Å²) in [4.78, 5) is 20.9. The van der Waals surface area contributed by atoms with E-state index in [1.54, 1.807) is 6.92 Å². The van der Waals surface area contributed by atoms with E-state index in [9.17, 15) is 4.79 Å². The van der Waals surface area contributed by atoms with Crippen LogP contribution in [0.25, 0.3) is 11.3 Å². The van der Waals surface area contributed by atoms with Crippen LogP contribution in [0.2, 0.25) is 0 Å². The van der Waals surface area contributed by atoms with Crippen molar-refractivity contribution >= 4 is 11.9 Å². The summed E-state index contributed by atoms with van der Waals surface area (Å²) >= 11 is 0. The second-order valence-corrected chi connectivity index (χ2v) is 5.43. The minimum Gasteiger partial charge on any atom is -0.440 e. The van der Waals surface area contributed by atoms with Crippen molar-refractivity contribution in [2.45, 2.75) is 26.7 Å². The topological polar surface area (TPSA) is 96.7 Å². The third kappa shape index (κ3) is 3.13. The number of aromatic nitrogens is 4. The van der Waals surface area contributed by atoms with Gasteiger partial charge in [-0.15, -0.1) is 5.10 Å². The molecule has 0 spiro atoms. The molecule has 0 unspecified atom stereocenters. The second kappa shape index (κ2) is 6.04. The highest BCUT2D eigenvalue weighted by Crippen LogP contribution is 2.25. The molecule has 3 aromatic rings. The molecule has 1 aromatic carbocycles. The van der Waals surface area contributed by atoms with Crippen LogP contribution in [0.5, 0.6) is 0 Å². The first-order valence-corrected chi connectivity index (χ1v) is 7.31. The van der Waals surface area contributed by atoms with E-state index in [0.717, 1.165) is 5.56 Å². The number of anilines is 1. The molecule has 0 radical (unpaired) electrons. The molecule has 2 N–H and O–H groups in total. The highest BCUT2D eigenvalue weighted by Gasteiger charge is 2.21. The fourth-order valence-electron chi connectivity index (χ4n) is 2.12. The van der Waals surface area contributed by atoms with Crippen molar-refractivity contribution in [3.63, 3.8) is 0 Å². The van der Waals surface area contributed by atoms with E-state index in [2.05, 4.69) is 25.5 Å². The van der Waals surface area contributed by atoms with E-state index >= 15 is 0 Å². The molecule has 1 amide bonds. The first-order valence-electron chi connectivity index (χ1n) is 7.31. The number of carbonyl (C=O) groups is 1. The first-order chi connectivity index (χ1) is 11.0. The molecule has 2 heterocycles. The average molecular weight is 311 g/mol. The molecule has 0 saturated heterocycles. The zero-order valence-electron chi connectivity index (χ0n) is 13.1. The Balaban J connectivity index is 1.88. The molecule has 0 saturated carbocycles. The lowest BCUT2D eigenvalue weighted by Gasteiger charge is -2.01. The molecule has 2 aromatic heterocycles. The van der Waals surface area contributed by atoms with Gasteiger partial charge in [-0.25, -0.2) is 4.98 Å². The molecule has 0 aliphatic rings. The van der Waals surface area contributed by atoms with Crippen molar-refractivity contribution in [2.24, 2.45) is 0 Å². The van der Waals surface area contributed by atoms with E-state index in [1.165, 1.54) is 0 Å². The van der Waals surface area contributed by atoms with Crippen molar-refractivity contribution < 1.29 is 9.21 Å². The van der Waals surface area contributed by atoms with Crippen molar-refractivity contribution in [3.8, 4) is 11.3 Å². The van der Waals surface area contributed by atoms with E-state index in [4.69, 9.17) is 4.42 Å². The number of aromatic amines is 1. The summed E-state index contributed by atoms with van der Waals surface area (Å²) < 4.78 is 5.58. The molecular weight excluding hydrogens is 294 g/mol. The Labute approximate surface area is 133 Å². The predicted molar refractivity (Wildman–Crippen MR) is 85.1 cm³/mol. The van der Waals surface area contributed by atoms with Crippen LogP contribution in [0.15, 0.2) is 34.7 Å². The summed E-state index contributed by atoms with van der Waals surface area (Å²) in [7, 11) is 0. The van der Waals surface area contributed by atoms with E-state index in [1.807, 2.05) is 44.2 Å². The number of nitrogens with one attached hydrogen (secondary N) is 2. The highest BCUT2D eigenvalue weighted by atomic mass is 16.4. The van der Waals surface area contributed by atoms with Gasteiger partial charge in [0.15, 0.2) is 17.3 Å². The number of nitrogens with zero attached hydrogens (tertiary/aromatic N) is 3. The Bertz CT molecular complexity index is 820. The molecule has 0 fully saturated rings. The Morgan fingerprint density at radius 1 is 1.22 bits per heavy atom. The predicted octanol–water partition coefficient (Wildman–Crippen LogP) is 3.14. The standard InChI is InChI=1S/C16H17N5O2/c1-9(2)14-18-16(21-20-14)19-15(22)12-13(23-10(3)17-12)11-7-5-4-6-8-11/h4-9H,1-3H3,(H2,18,19,20,21,22). The van der Waals surface area contributed by atoms with Gasteiger partial charge in [-0.3, -0.25) is 15.2 Å². The number of hydrogen-bond acceptors (Lipinski definition) is 5. The molecule has 118 valence electrons. The Morgan fingerprint density at radius 3 is 2.61 bits per heavy atom. The van der Waals surface area contributed by atoms with Crippen LogP contribution in [0, 0.1) is 6.92 Å². The van der Waals surface area contributed by atoms with Crippen LogP contribution >= 0.6 is 0 Å². The van der Waals surface area contributed by atoms with Gasteiger partial charge in [0.1, 0.15) is 5.82 Å². The number of amides is 1. The summed E-state index contributed by atoms with van der Waals surface area (Å²) in [5.41, 5.74) is 1.00. The van der Waals surface area contributed by atoms with Gasteiger partial charge in [0.25, 0.3) is 5.91 Å². The minimum absolute atomic E-state index is 0.197. The summed E-state index contributed by atoms with van der Waals surface area (Å²) in [6.07, 6.45) is 0. The number of benzene rings is 1. The maximum atomic E-state index is 12.5. The molecule has 3 rings (SSSR count). The lowest BCUT2D eigenvalue weighted by molar-refractivity contribution is 0.102. The molecule has 0 aliphatic heterocycles. The van der Waals surface area contributed by atoms with Crippen molar-refractivity contribution in [1.29, 1.82) is 0 Å². The largest absolute Gasteiger partial charge is 0.440 e. The summed E-state index contributed by atoms with van der Waals surface area (Å²) in [6.45, 7) is 5.67. The molecule has 7 nitrogen and oxygen atoms in total. The smallest absolute Gasteiger partial charge is 0.280 e. The Hall–Kier alpha value is -2.96. The molecule has 0 aliphatic carbocycles. The van der Waals surface area contributed by atoms with Crippen molar-refractivity contribution in [1.82, 2.24) is 20.2 Å².